The average molecular weight is 240 g/mol. The Kier molecular flexibility index (Phi) is 2.74. The summed E-state index contributed by atoms with van der Waals surface area (Å²) in [5.74, 6) is 1.40. The van der Waals surface area contributed by atoms with Crippen molar-refractivity contribution in [2.45, 2.75) is 32.1 Å². The molecule has 92 valence electrons. The molecule has 1 aliphatic rings. The number of hydrogen-bond acceptors (Lipinski definition) is 2. The molecular formula is C15H16N2O. The van der Waals surface area contributed by atoms with Gasteiger partial charge in [-0.3, -0.25) is 4.79 Å². The van der Waals surface area contributed by atoms with Gasteiger partial charge in [-0.1, -0.05) is 25.1 Å². The Morgan fingerprint density at radius 3 is 2.89 bits per heavy atom. The molecule has 3 nitrogen and oxygen atoms in total. The molecule has 1 fully saturated rings. The minimum Gasteiger partial charge on any atom is -0.307 e. The molecule has 0 amide bonds. The summed E-state index contributed by atoms with van der Waals surface area (Å²) in [7, 11) is 0. The number of hydrogen-bond donors (Lipinski definition) is 1. The summed E-state index contributed by atoms with van der Waals surface area (Å²) in [6, 6.07) is 9.91. The number of nitrogens with zero attached hydrogens (tertiary/aromatic N) is 1. The van der Waals surface area contributed by atoms with Crippen molar-refractivity contribution in [1.29, 1.82) is 0 Å². The second-order valence-electron chi connectivity index (χ2n) is 4.84. The van der Waals surface area contributed by atoms with Crippen LogP contribution in [0, 0.1) is 0 Å². The standard InChI is InChI=1S/C15H16N2O/c1-2-13-9-14(18)17-15(16-13)12-5-3-4-11(8-12)10-6-7-10/h3-5,8-10H,2,6-7H2,1H3,(H,16,17,18). The fourth-order valence-corrected chi connectivity index (χ4v) is 2.18. The van der Waals surface area contributed by atoms with Crippen molar-refractivity contribution < 1.29 is 0 Å². The van der Waals surface area contributed by atoms with Crippen LogP contribution in [0.3, 0.4) is 0 Å². The maximum absolute atomic E-state index is 11.6. The summed E-state index contributed by atoms with van der Waals surface area (Å²) in [5, 5.41) is 0. The first-order chi connectivity index (χ1) is 8.76. The summed E-state index contributed by atoms with van der Waals surface area (Å²) in [6.07, 6.45) is 3.34. The van der Waals surface area contributed by atoms with Crippen molar-refractivity contribution in [1.82, 2.24) is 9.97 Å². The quantitative estimate of drug-likeness (QED) is 0.896. The highest BCUT2D eigenvalue weighted by Gasteiger charge is 2.23. The lowest BCUT2D eigenvalue weighted by atomic mass is 10.1. The highest BCUT2D eigenvalue weighted by Crippen LogP contribution is 2.40. The molecule has 0 spiro atoms. The molecule has 1 heterocycles. The van der Waals surface area contributed by atoms with Gasteiger partial charge in [-0.15, -0.1) is 0 Å². The van der Waals surface area contributed by atoms with E-state index in [0.717, 1.165) is 17.7 Å². The van der Waals surface area contributed by atoms with Gasteiger partial charge in [0.2, 0.25) is 0 Å². The van der Waals surface area contributed by atoms with Crippen LogP contribution >= 0.6 is 0 Å². The van der Waals surface area contributed by atoms with E-state index in [2.05, 4.69) is 22.1 Å². The Morgan fingerprint density at radius 1 is 1.33 bits per heavy atom. The molecular weight excluding hydrogens is 224 g/mol. The number of aromatic nitrogens is 2. The molecule has 3 rings (SSSR count). The number of aromatic amines is 1. The normalized spacial score (nSPS) is 14.7. The third kappa shape index (κ3) is 2.21. The van der Waals surface area contributed by atoms with Gasteiger partial charge in [-0.2, -0.15) is 0 Å². The van der Waals surface area contributed by atoms with E-state index < -0.39 is 0 Å². The van der Waals surface area contributed by atoms with Gasteiger partial charge >= 0.3 is 0 Å². The lowest BCUT2D eigenvalue weighted by Gasteiger charge is -2.05. The van der Waals surface area contributed by atoms with E-state index in [-0.39, 0.29) is 5.56 Å². The molecule has 1 aromatic carbocycles. The molecule has 0 aliphatic heterocycles. The van der Waals surface area contributed by atoms with Crippen LogP contribution in [0.1, 0.15) is 36.9 Å². The van der Waals surface area contributed by atoms with Crippen molar-refractivity contribution in [2.75, 3.05) is 0 Å². The van der Waals surface area contributed by atoms with Crippen LogP contribution in [-0.2, 0) is 6.42 Å². The SMILES string of the molecule is CCc1cc(=O)[nH]c(-c2cccc(C3CC3)c2)n1. The van der Waals surface area contributed by atoms with Gasteiger partial charge < -0.3 is 4.98 Å². The zero-order chi connectivity index (χ0) is 12.5. The second-order valence-corrected chi connectivity index (χ2v) is 4.84. The van der Waals surface area contributed by atoms with Crippen molar-refractivity contribution in [2.24, 2.45) is 0 Å². The third-order valence-electron chi connectivity index (χ3n) is 3.37. The van der Waals surface area contributed by atoms with Gasteiger partial charge in [0.15, 0.2) is 0 Å². The molecule has 0 unspecified atom stereocenters. The lowest BCUT2D eigenvalue weighted by molar-refractivity contribution is 0.986. The van der Waals surface area contributed by atoms with Crippen LogP contribution < -0.4 is 5.56 Å². The van der Waals surface area contributed by atoms with Crippen LogP contribution in [-0.4, -0.2) is 9.97 Å². The molecule has 1 aliphatic carbocycles. The molecule has 18 heavy (non-hydrogen) atoms. The minimum absolute atomic E-state index is 0.0753. The summed E-state index contributed by atoms with van der Waals surface area (Å²) in [4.78, 5) is 18.9. The first kappa shape index (κ1) is 11.2. The summed E-state index contributed by atoms with van der Waals surface area (Å²) >= 11 is 0. The average Bonchev–Trinajstić information content (AvgIpc) is 3.22. The first-order valence-corrected chi connectivity index (χ1v) is 6.47. The maximum Gasteiger partial charge on any atom is 0.251 e. The van der Waals surface area contributed by atoms with E-state index in [9.17, 15) is 4.79 Å². The van der Waals surface area contributed by atoms with E-state index >= 15 is 0 Å². The smallest absolute Gasteiger partial charge is 0.251 e. The number of nitrogens with one attached hydrogen (secondary N) is 1. The Hall–Kier alpha value is -1.90. The van der Waals surface area contributed by atoms with Crippen LogP contribution in [0.4, 0.5) is 0 Å². The molecule has 0 bridgehead atoms. The number of benzene rings is 1. The van der Waals surface area contributed by atoms with E-state index in [0.29, 0.717) is 11.7 Å². The zero-order valence-corrected chi connectivity index (χ0v) is 10.4. The maximum atomic E-state index is 11.6. The Bertz CT molecular complexity index is 626. The second kappa shape index (κ2) is 4.41. The van der Waals surface area contributed by atoms with Gasteiger partial charge in [0.1, 0.15) is 5.82 Å². The highest BCUT2D eigenvalue weighted by molar-refractivity contribution is 5.56. The molecule has 1 N–H and O–H groups in total. The Labute approximate surface area is 106 Å². The first-order valence-electron chi connectivity index (χ1n) is 6.47. The number of H-pyrrole nitrogens is 1. The van der Waals surface area contributed by atoms with Crippen molar-refractivity contribution >= 4 is 0 Å². The topological polar surface area (TPSA) is 45.8 Å². The zero-order valence-electron chi connectivity index (χ0n) is 10.4. The third-order valence-corrected chi connectivity index (χ3v) is 3.37. The predicted octanol–water partition coefficient (Wildman–Crippen LogP) is 2.88. The van der Waals surface area contributed by atoms with Gasteiger partial charge in [-0.05, 0) is 36.8 Å². The van der Waals surface area contributed by atoms with Crippen molar-refractivity contribution in [3.8, 4) is 11.4 Å². The van der Waals surface area contributed by atoms with Crippen LogP contribution in [0.25, 0.3) is 11.4 Å². The van der Waals surface area contributed by atoms with Crippen molar-refractivity contribution in [3.05, 3.63) is 51.9 Å². The monoisotopic (exact) mass is 240 g/mol. The predicted molar refractivity (Wildman–Crippen MR) is 71.6 cm³/mol. The van der Waals surface area contributed by atoms with Gasteiger partial charge in [0, 0.05) is 17.3 Å². The van der Waals surface area contributed by atoms with Crippen LogP contribution in [0.15, 0.2) is 35.1 Å². The fourth-order valence-electron chi connectivity index (χ4n) is 2.18. The van der Waals surface area contributed by atoms with E-state index in [1.807, 2.05) is 19.1 Å². The Balaban J connectivity index is 2.05. The van der Waals surface area contributed by atoms with E-state index in [4.69, 9.17) is 0 Å². The molecule has 1 saturated carbocycles. The largest absolute Gasteiger partial charge is 0.307 e. The number of rotatable bonds is 3. The van der Waals surface area contributed by atoms with Gasteiger partial charge in [-0.25, -0.2) is 4.98 Å². The fraction of sp³-hybridized carbons (Fsp3) is 0.333. The molecule has 2 aromatic rings. The summed E-state index contributed by atoms with van der Waals surface area (Å²) in [6.45, 7) is 2.01. The van der Waals surface area contributed by atoms with Gasteiger partial charge in [0.05, 0.1) is 0 Å². The Morgan fingerprint density at radius 2 is 2.17 bits per heavy atom. The number of aryl methyl sites for hydroxylation is 1. The van der Waals surface area contributed by atoms with Crippen LogP contribution in [0.2, 0.25) is 0 Å². The molecule has 0 radical (unpaired) electrons. The molecule has 3 heteroatoms. The molecule has 1 aromatic heterocycles. The van der Waals surface area contributed by atoms with Gasteiger partial charge in [0.25, 0.3) is 5.56 Å². The summed E-state index contributed by atoms with van der Waals surface area (Å²) in [5.41, 5.74) is 3.13. The van der Waals surface area contributed by atoms with Crippen LogP contribution in [0.5, 0.6) is 0 Å². The highest BCUT2D eigenvalue weighted by atomic mass is 16.1. The lowest BCUT2D eigenvalue weighted by Crippen LogP contribution is -2.10. The summed E-state index contributed by atoms with van der Waals surface area (Å²) < 4.78 is 0. The molecule has 0 atom stereocenters. The minimum atomic E-state index is -0.0753. The van der Waals surface area contributed by atoms with E-state index in [1.165, 1.54) is 18.4 Å². The van der Waals surface area contributed by atoms with E-state index in [1.54, 1.807) is 6.07 Å². The molecule has 0 saturated heterocycles. The van der Waals surface area contributed by atoms with Crippen molar-refractivity contribution in [3.63, 3.8) is 0 Å².